The summed E-state index contributed by atoms with van der Waals surface area (Å²) in [7, 11) is 0. The Balaban J connectivity index is 1.39. The molecule has 0 aliphatic carbocycles. The SMILES string of the molecule is Cc1cccc(-c2nc(C)c(CC(=O)N3CCN(c4ncccn4)CC3)s2)c1. The first-order chi connectivity index (χ1) is 13.6. The molecule has 1 amide bonds. The van der Waals surface area contributed by atoms with Crippen LogP contribution in [0.15, 0.2) is 42.7 Å². The third kappa shape index (κ3) is 4.04. The van der Waals surface area contributed by atoms with E-state index in [1.54, 1.807) is 23.7 Å². The summed E-state index contributed by atoms with van der Waals surface area (Å²) in [6, 6.07) is 10.1. The van der Waals surface area contributed by atoms with E-state index < -0.39 is 0 Å². The van der Waals surface area contributed by atoms with Gasteiger partial charge in [-0.2, -0.15) is 0 Å². The topological polar surface area (TPSA) is 62.2 Å². The molecule has 1 aliphatic rings. The number of aromatic nitrogens is 3. The second kappa shape index (κ2) is 8.06. The van der Waals surface area contributed by atoms with Crippen molar-refractivity contribution >= 4 is 23.2 Å². The number of anilines is 1. The third-order valence-corrected chi connectivity index (χ3v) is 6.14. The maximum absolute atomic E-state index is 12.8. The van der Waals surface area contributed by atoms with Crippen LogP contribution in [-0.4, -0.2) is 51.9 Å². The molecule has 0 atom stereocenters. The lowest BCUT2D eigenvalue weighted by Crippen LogP contribution is -2.49. The van der Waals surface area contributed by atoms with E-state index in [0.717, 1.165) is 40.2 Å². The molecule has 7 heteroatoms. The van der Waals surface area contributed by atoms with Crippen LogP contribution in [0, 0.1) is 13.8 Å². The monoisotopic (exact) mass is 393 g/mol. The van der Waals surface area contributed by atoms with Gasteiger partial charge >= 0.3 is 0 Å². The number of benzene rings is 1. The zero-order valence-corrected chi connectivity index (χ0v) is 16.9. The van der Waals surface area contributed by atoms with Crippen LogP contribution >= 0.6 is 11.3 Å². The molecule has 0 spiro atoms. The molecule has 1 fully saturated rings. The van der Waals surface area contributed by atoms with Crippen LogP contribution in [0.5, 0.6) is 0 Å². The van der Waals surface area contributed by atoms with Crippen LogP contribution in [0.1, 0.15) is 16.1 Å². The van der Waals surface area contributed by atoms with Gasteiger partial charge in [0, 0.05) is 49.0 Å². The molecular weight excluding hydrogens is 370 g/mol. The smallest absolute Gasteiger partial charge is 0.228 e. The molecule has 0 unspecified atom stereocenters. The summed E-state index contributed by atoms with van der Waals surface area (Å²) in [6.45, 7) is 6.97. The van der Waals surface area contributed by atoms with E-state index in [2.05, 4.69) is 40.0 Å². The van der Waals surface area contributed by atoms with Crippen LogP contribution in [0.3, 0.4) is 0 Å². The Hall–Kier alpha value is -2.80. The van der Waals surface area contributed by atoms with Gasteiger partial charge in [-0.1, -0.05) is 23.8 Å². The predicted molar refractivity (Wildman–Crippen MR) is 112 cm³/mol. The zero-order chi connectivity index (χ0) is 19.5. The minimum Gasteiger partial charge on any atom is -0.339 e. The third-order valence-electron chi connectivity index (χ3n) is 4.94. The normalized spacial score (nSPS) is 14.4. The molecule has 2 aromatic heterocycles. The van der Waals surface area contributed by atoms with Crippen molar-refractivity contribution in [2.45, 2.75) is 20.3 Å². The number of carbonyl (C=O) groups excluding carboxylic acids is 1. The van der Waals surface area contributed by atoms with Gasteiger partial charge in [-0.15, -0.1) is 11.3 Å². The molecule has 6 nitrogen and oxygen atoms in total. The van der Waals surface area contributed by atoms with Crippen LogP contribution in [0.4, 0.5) is 5.95 Å². The number of thiazole rings is 1. The minimum absolute atomic E-state index is 0.163. The summed E-state index contributed by atoms with van der Waals surface area (Å²) >= 11 is 1.62. The largest absolute Gasteiger partial charge is 0.339 e. The Morgan fingerprint density at radius 2 is 1.82 bits per heavy atom. The van der Waals surface area contributed by atoms with Gasteiger partial charge in [0.05, 0.1) is 12.1 Å². The van der Waals surface area contributed by atoms with Crippen molar-refractivity contribution < 1.29 is 4.79 Å². The summed E-state index contributed by atoms with van der Waals surface area (Å²) in [5.41, 5.74) is 3.28. The summed E-state index contributed by atoms with van der Waals surface area (Å²) < 4.78 is 0. The van der Waals surface area contributed by atoms with E-state index in [9.17, 15) is 4.79 Å². The lowest BCUT2D eigenvalue weighted by molar-refractivity contribution is -0.130. The maximum atomic E-state index is 12.8. The van der Waals surface area contributed by atoms with Crippen molar-refractivity contribution in [2.75, 3.05) is 31.1 Å². The molecule has 144 valence electrons. The highest BCUT2D eigenvalue weighted by Gasteiger charge is 2.23. The molecule has 3 heterocycles. The van der Waals surface area contributed by atoms with Gasteiger partial charge in [0.15, 0.2) is 0 Å². The Bertz CT molecular complexity index is 964. The first-order valence-electron chi connectivity index (χ1n) is 9.43. The van der Waals surface area contributed by atoms with Gasteiger partial charge in [0.2, 0.25) is 11.9 Å². The fourth-order valence-corrected chi connectivity index (χ4v) is 4.40. The summed E-state index contributed by atoms with van der Waals surface area (Å²) in [5, 5.41) is 0.982. The Labute approximate surface area is 168 Å². The van der Waals surface area contributed by atoms with Crippen LogP contribution in [0.25, 0.3) is 10.6 Å². The molecule has 1 saturated heterocycles. The molecule has 4 rings (SSSR count). The number of aryl methyl sites for hydroxylation is 2. The standard InChI is InChI=1S/C21H23N5OS/c1-15-5-3-6-17(13-15)20-24-16(2)18(28-20)14-19(27)25-9-11-26(12-10-25)21-22-7-4-8-23-21/h3-8,13H,9-12,14H2,1-2H3. The zero-order valence-electron chi connectivity index (χ0n) is 16.1. The highest BCUT2D eigenvalue weighted by atomic mass is 32.1. The van der Waals surface area contributed by atoms with Crippen molar-refractivity contribution in [2.24, 2.45) is 0 Å². The van der Waals surface area contributed by atoms with E-state index in [1.807, 2.05) is 24.0 Å². The van der Waals surface area contributed by atoms with Crippen molar-refractivity contribution in [3.63, 3.8) is 0 Å². The van der Waals surface area contributed by atoms with Crippen molar-refractivity contribution in [3.05, 3.63) is 58.9 Å². The number of hydrogen-bond acceptors (Lipinski definition) is 6. The van der Waals surface area contributed by atoms with Crippen LogP contribution in [-0.2, 0) is 11.2 Å². The molecule has 3 aromatic rings. The lowest BCUT2D eigenvalue weighted by atomic mass is 10.1. The number of amides is 1. The number of rotatable bonds is 4. The Morgan fingerprint density at radius 3 is 2.54 bits per heavy atom. The van der Waals surface area contributed by atoms with E-state index in [0.29, 0.717) is 19.5 Å². The fourth-order valence-electron chi connectivity index (χ4n) is 3.35. The first-order valence-corrected chi connectivity index (χ1v) is 10.2. The number of hydrogen-bond donors (Lipinski definition) is 0. The molecule has 0 saturated carbocycles. The molecule has 28 heavy (non-hydrogen) atoms. The maximum Gasteiger partial charge on any atom is 0.228 e. The first kappa shape index (κ1) is 18.6. The van der Waals surface area contributed by atoms with Gasteiger partial charge in [-0.05, 0) is 26.0 Å². The molecule has 0 N–H and O–H groups in total. The van der Waals surface area contributed by atoms with Gasteiger partial charge in [-0.25, -0.2) is 15.0 Å². The predicted octanol–water partition coefficient (Wildman–Crippen LogP) is 3.11. The highest BCUT2D eigenvalue weighted by Crippen LogP contribution is 2.29. The summed E-state index contributed by atoms with van der Waals surface area (Å²) in [4.78, 5) is 31.2. The van der Waals surface area contributed by atoms with Gasteiger partial charge in [0.1, 0.15) is 5.01 Å². The average molecular weight is 394 g/mol. The second-order valence-corrected chi connectivity index (χ2v) is 8.07. The van der Waals surface area contributed by atoms with Gasteiger partial charge in [0.25, 0.3) is 0 Å². The quantitative estimate of drug-likeness (QED) is 0.682. The van der Waals surface area contributed by atoms with Crippen molar-refractivity contribution in [1.29, 1.82) is 0 Å². The summed E-state index contributed by atoms with van der Waals surface area (Å²) in [5.74, 6) is 0.895. The highest BCUT2D eigenvalue weighted by molar-refractivity contribution is 7.15. The minimum atomic E-state index is 0.163. The van der Waals surface area contributed by atoms with E-state index in [-0.39, 0.29) is 5.91 Å². The van der Waals surface area contributed by atoms with Gasteiger partial charge < -0.3 is 9.80 Å². The number of carbonyl (C=O) groups is 1. The van der Waals surface area contributed by atoms with Gasteiger partial charge in [-0.3, -0.25) is 4.79 Å². The van der Waals surface area contributed by atoms with Crippen LogP contribution < -0.4 is 4.90 Å². The van der Waals surface area contributed by atoms with Crippen molar-refractivity contribution in [3.8, 4) is 10.6 Å². The Morgan fingerprint density at radius 1 is 1.07 bits per heavy atom. The van der Waals surface area contributed by atoms with Crippen LogP contribution in [0.2, 0.25) is 0 Å². The van der Waals surface area contributed by atoms with E-state index in [1.165, 1.54) is 5.56 Å². The summed E-state index contributed by atoms with van der Waals surface area (Å²) in [6.07, 6.45) is 3.91. The van der Waals surface area contributed by atoms with Crippen molar-refractivity contribution in [1.82, 2.24) is 19.9 Å². The number of piperazine rings is 1. The molecule has 1 aromatic carbocycles. The molecule has 0 radical (unpaired) electrons. The molecular formula is C21H23N5OS. The molecule has 1 aliphatic heterocycles. The molecule has 0 bridgehead atoms. The van der Waals surface area contributed by atoms with E-state index in [4.69, 9.17) is 4.98 Å². The fraction of sp³-hybridized carbons (Fsp3) is 0.333. The second-order valence-electron chi connectivity index (χ2n) is 6.99. The number of nitrogens with zero attached hydrogens (tertiary/aromatic N) is 5. The Kier molecular flexibility index (Phi) is 5.34. The lowest BCUT2D eigenvalue weighted by Gasteiger charge is -2.34. The van der Waals surface area contributed by atoms with E-state index >= 15 is 0 Å². The average Bonchev–Trinajstić information content (AvgIpc) is 3.09.